The first-order valence-electron chi connectivity index (χ1n) is 5.61. The van der Waals surface area contributed by atoms with Crippen molar-refractivity contribution in [1.82, 2.24) is 0 Å². The van der Waals surface area contributed by atoms with Crippen LogP contribution in [0, 0.1) is 0 Å². The predicted molar refractivity (Wildman–Crippen MR) is 71.4 cm³/mol. The summed E-state index contributed by atoms with van der Waals surface area (Å²) in [6, 6.07) is 5.40. The highest BCUT2D eigenvalue weighted by Gasteiger charge is 2.35. The van der Waals surface area contributed by atoms with Crippen LogP contribution in [0.1, 0.15) is 27.7 Å². The van der Waals surface area contributed by atoms with Gasteiger partial charge in [-0.15, -0.1) is 0 Å². The summed E-state index contributed by atoms with van der Waals surface area (Å²) in [5.74, 6) is 0.730. The molecule has 0 saturated carbocycles. The van der Waals surface area contributed by atoms with E-state index in [9.17, 15) is 5.11 Å². The molecule has 0 amide bonds. The van der Waals surface area contributed by atoms with Gasteiger partial charge in [0.1, 0.15) is 5.75 Å². The molecule has 0 aliphatic carbocycles. The van der Waals surface area contributed by atoms with Gasteiger partial charge in [0, 0.05) is 6.07 Å². The molecule has 96 valence electrons. The summed E-state index contributed by atoms with van der Waals surface area (Å²) >= 11 is 0. The third kappa shape index (κ3) is 3.03. The van der Waals surface area contributed by atoms with Crippen molar-refractivity contribution >= 4 is 11.4 Å². The minimum atomic E-state index is -0.873. The molecule has 0 fully saturated rings. The van der Waals surface area contributed by atoms with E-state index >= 15 is 0 Å². The van der Waals surface area contributed by atoms with E-state index < -0.39 is 11.1 Å². The normalized spacial score (nSPS) is 12.4. The maximum Gasteiger partial charge on any atom is 0.121 e. The maximum absolute atomic E-state index is 10.1. The molecule has 0 aliphatic heterocycles. The highest BCUT2D eigenvalue weighted by atomic mass is 16.5. The molecule has 0 saturated heterocycles. The summed E-state index contributed by atoms with van der Waals surface area (Å²) in [4.78, 5) is 0. The number of hydrogen-bond acceptors (Lipinski definition) is 4. The Labute approximate surface area is 103 Å². The van der Waals surface area contributed by atoms with Crippen LogP contribution in [0.4, 0.5) is 11.4 Å². The summed E-state index contributed by atoms with van der Waals surface area (Å²) in [5.41, 5.74) is 5.90. The van der Waals surface area contributed by atoms with Crippen LogP contribution in [0.25, 0.3) is 0 Å². The van der Waals surface area contributed by atoms with Gasteiger partial charge in [-0.25, -0.2) is 0 Å². The van der Waals surface area contributed by atoms with Gasteiger partial charge in [-0.3, -0.25) is 0 Å². The Morgan fingerprint density at radius 3 is 2.29 bits per heavy atom. The molecule has 1 aromatic carbocycles. The fourth-order valence-electron chi connectivity index (χ4n) is 1.26. The van der Waals surface area contributed by atoms with Gasteiger partial charge in [0.15, 0.2) is 0 Å². The summed E-state index contributed by atoms with van der Waals surface area (Å²) in [7, 11) is 1.61. The second-order valence-electron chi connectivity index (χ2n) is 5.26. The lowest BCUT2D eigenvalue weighted by molar-refractivity contribution is 0.0241. The average Bonchev–Trinajstić information content (AvgIpc) is 2.19. The Morgan fingerprint density at radius 1 is 1.24 bits per heavy atom. The first kappa shape index (κ1) is 13.6. The highest BCUT2D eigenvalue weighted by molar-refractivity contribution is 5.69. The molecule has 0 aromatic heterocycles. The second kappa shape index (κ2) is 4.45. The zero-order chi connectivity index (χ0) is 13.3. The number of nitrogens with one attached hydrogen (secondary N) is 1. The van der Waals surface area contributed by atoms with Gasteiger partial charge in [0.05, 0.1) is 29.6 Å². The first-order valence-corrected chi connectivity index (χ1v) is 5.61. The Bertz CT molecular complexity index is 395. The zero-order valence-corrected chi connectivity index (χ0v) is 11.2. The van der Waals surface area contributed by atoms with Crippen molar-refractivity contribution in [2.75, 3.05) is 18.2 Å². The summed E-state index contributed by atoms with van der Waals surface area (Å²) in [6.45, 7) is 7.37. The number of nitrogen functional groups attached to an aromatic ring is 1. The number of ether oxygens (including phenoxy) is 1. The molecular formula is C13H22N2O2. The third-order valence-corrected chi connectivity index (χ3v) is 3.24. The van der Waals surface area contributed by atoms with E-state index in [1.807, 2.05) is 19.9 Å². The Hall–Kier alpha value is -1.42. The molecule has 0 atom stereocenters. The van der Waals surface area contributed by atoms with Gasteiger partial charge in [-0.1, -0.05) is 0 Å². The molecule has 17 heavy (non-hydrogen) atoms. The lowest BCUT2D eigenvalue weighted by Crippen LogP contribution is -2.51. The van der Waals surface area contributed by atoms with E-state index in [0.717, 1.165) is 11.4 Å². The number of benzene rings is 1. The van der Waals surface area contributed by atoms with Gasteiger partial charge < -0.3 is 20.9 Å². The minimum Gasteiger partial charge on any atom is -0.497 e. The molecule has 4 heteroatoms. The molecular weight excluding hydrogens is 216 g/mol. The SMILES string of the molecule is COc1ccc(N)c(NC(C)(C)C(C)(C)O)c1. The first-order chi connectivity index (χ1) is 7.67. The van der Waals surface area contributed by atoms with Crippen LogP contribution in [0.3, 0.4) is 0 Å². The van der Waals surface area contributed by atoms with E-state index in [0.29, 0.717) is 5.69 Å². The Morgan fingerprint density at radius 2 is 1.82 bits per heavy atom. The van der Waals surface area contributed by atoms with Gasteiger partial charge in [0.25, 0.3) is 0 Å². The number of nitrogens with two attached hydrogens (primary N) is 1. The molecule has 0 unspecified atom stereocenters. The molecule has 1 rings (SSSR count). The second-order valence-corrected chi connectivity index (χ2v) is 5.26. The molecule has 4 N–H and O–H groups in total. The summed E-state index contributed by atoms with van der Waals surface area (Å²) < 4.78 is 5.15. The molecule has 1 aromatic rings. The molecule has 0 bridgehead atoms. The van der Waals surface area contributed by atoms with Crippen LogP contribution in [-0.2, 0) is 0 Å². The van der Waals surface area contributed by atoms with E-state index in [1.54, 1.807) is 33.1 Å². The topological polar surface area (TPSA) is 67.5 Å². The highest BCUT2D eigenvalue weighted by Crippen LogP contribution is 2.31. The monoisotopic (exact) mass is 238 g/mol. The van der Waals surface area contributed by atoms with E-state index in [1.165, 1.54) is 0 Å². The van der Waals surface area contributed by atoms with Crippen LogP contribution in [0.2, 0.25) is 0 Å². The molecule has 0 aliphatic rings. The molecule has 0 spiro atoms. The van der Waals surface area contributed by atoms with Crippen LogP contribution in [0.15, 0.2) is 18.2 Å². The molecule has 4 nitrogen and oxygen atoms in total. The van der Waals surface area contributed by atoms with Crippen molar-refractivity contribution < 1.29 is 9.84 Å². The minimum absolute atomic E-state index is 0.506. The average molecular weight is 238 g/mol. The number of anilines is 2. The van der Waals surface area contributed by atoms with Crippen molar-refractivity contribution in [3.05, 3.63) is 18.2 Å². The fraction of sp³-hybridized carbons (Fsp3) is 0.538. The summed E-state index contributed by atoms with van der Waals surface area (Å²) in [6.07, 6.45) is 0. The van der Waals surface area contributed by atoms with Crippen LogP contribution < -0.4 is 15.8 Å². The maximum atomic E-state index is 10.1. The van der Waals surface area contributed by atoms with Gasteiger partial charge in [-0.05, 0) is 39.8 Å². The van der Waals surface area contributed by atoms with Crippen molar-refractivity contribution in [1.29, 1.82) is 0 Å². The molecule has 0 heterocycles. The van der Waals surface area contributed by atoms with Crippen molar-refractivity contribution in [2.24, 2.45) is 0 Å². The number of hydrogen-bond donors (Lipinski definition) is 3. The standard InChI is InChI=1S/C13H22N2O2/c1-12(2,13(3,4)16)15-11-8-9(17-5)6-7-10(11)14/h6-8,15-16H,14H2,1-5H3. The van der Waals surface area contributed by atoms with Crippen LogP contribution >= 0.6 is 0 Å². The number of rotatable bonds is 4. The summed E-state index contributed by atoms with van der Waals surface area (Å²) in [5, 5.41) is 13.3. The zero-order valence-electron chi connectivity index (χ0n) is 11.2. The largest absolute Gasteiger partial charge is 0.497 e. The van der Waals surface area contributed by atoms with E-state index in [4.69, 9.17) is 10.5 Å². The number of methoxy groups -OCH3 is 1. The van der Waals surface area contributed by atoms with E-state index in [-0.39, 0.29) is 0 Å². The van der Waals surface area contributed by atoms with Gasteiger partial charge in [0.2, 0.25) is 0 Å². The van der Waals surface area contributed by atoms with E-state index in [2.05, 4.69) is 5.32 Å². The third-order valence-electron chi connectivity index (χ3n) is 3.24. The smallest absolute Gasteiger partial charge is 0.121 e. The Kier molecular flexibility index (Phi) is 3.57. The molecule has 0 radical (unpaired) electrons. The van der Waals surface area contributed by atoms with Crippen molar-refractivity contribution in [3.8, 4) is 5.75 Å². The van der Waals surface area contributed by atoms with Crippen molar-refractivity contribution in [3.63, 3.8) is 0 Å². The van der Waals surface area contributed by atoms with Crippen molar-refractivity contribution in [2.45, 2.75) is 38.8 Å². The lowest BCUT2D eigenvalue weighted by Gasteiger charge is -2.39. The quantitative estimate of drug-likeness (QED) is 0.704. The van der Waals surface area contributed by atoms with Crippen LogP contribution in [0.5, 0.6) is 5.75 Å². The van der Waals surface area contributed by atoms with Crippen LogP contribution in [-0.4, -0.2) is 23.4 Å². The lowest BCUT2D eigenvalue weighted by atomic mass is 9.85. The fourth-order valence-corrected chi connectivity index (χ4v) is 1.26. The number of aliphatic hydroxyl groups is 1. The Balaban J connectivity index is 3.02. The predicted octanol–water partition coefficient (Wildman–Crippen LogP) is 2.24. The van der Waals surface area contributed by atoms with Gasteiger partial charge in [-0.2, -0.15) is 0 Å². The van der Waals surface area contributed by atoms with Gasteiger partial charge >= 0.3 is 0 Å².